The highest BCUT2D eigenvalue weighted by atomic mass is 35.5. The third kappa shape index (κ3) is 3.24. The minimum atomic E-state index is -0.432. The van der Waals surface area contributed by atoms with E-state index < -0.39 is 5.97 Å². The summed E-state index contributed by atoms with van der Waals surface area (Å²) in [6.45, 7) is 0. The Morgan fingerprint density at radius 3 is 2.05 bits per heavy atom. The summed E-state index contributed by atoms with van der Waals surface area (Å²) >= 11 is 12.0. The van der Waals surface area contributed by atoms with Crippen LogP contribution in [0.1, 0.15) is 10.4 Å². The normalized spacial score (nSPS) is 10.2. The SMILES string of the molecule is COC(=O)c1cc(OC)cc(-c2cc(Cl)cc(Cl)c2)c1. The minimum absolute atomic E-state index is 0.401. The molecule has 0 unspecified atom stereocenters. The van der Waals surface area contributed by atoms with Crippen molar-refractivity contribution in [3.63, 3.8) is 0 Å². The second kappa shape index (κ2) is 6.16. The summed E-state index contributed by atoms with van der Waals surface area (Å²) in [5, 5.41) is 1.05. The molecular weight excluding hydrogens is 299 g/mol. The first-order valence-electron chi connectivity index (χ1n) is 5.77. The Bertz CT molecular complexity index is 633. The molecule has 20 heavy (non-hydrogen) atoms. The molecule has 5 heteroatoms. The van der Waals surface area contributed by atoms with E-state index in [1.54, 1.807) is 36.4 Å². The molecule has 0 atom stereocenters. The number of esters is 1. The molecular formula is C15H12Cl2O3. The number of halogens is 2. The van der Waals surface area contributed by atoms with Gasteiger partial charge in [0.05, 0.1) is 19.8 Å². The van der Waals surface area contributed by atoms with E-state index in [9.17, 15) is 4.79 Å². The Balaban J connectivity index is 2.57. The van der Waals surface area contributed by atoms with E-state index in [1.807, 2.05) is 0 Å². The summed E-state index contributed by atoms with van der Waals surface area (Å²) in [4.78, 5) is 11.7. The van der Waals surface area contributed by atoms with Gasteiger partial charge in [-0.25, -0.2) is 4.79 Å². The van der Waals surface area contributed by atoms with Crippen molar-refractivity contribution in [2.24, 2.45) is 0 Å². The van der Waals surface area contributed by atoms with E-state index in [1.165, 1.54) is 14.2 Å². The molecule has 0 aliphatic rings. The van der Waals surface area contributed by atoms with Crippen LogP contribution in [0.2, 0.25) is 10.0 Å². The Kier molecular flexibility index (Phi) is 4.53. The van der Waals surface area contributed by atoms with Crippen molar-refractivity contribution in [3.8, 4) is 16.9 Å². The summed E-state index contributed by atoms with van der Waals surface area (Å²) in [5.41, 5.74) is 1.97. The van der Waals surface area contributed by atoms with Gasteiger partial charge in [0.15, 0.2) is 0 Å². The molecule has 0 heterocycles. The van der Waals surface area contributed by atoms with E-state index in [0.29, 0.717) is 21.4 Å². The summed E-state index contributed by atoms with van der Waals surface area (Å²) in [6.07, 6.45) is 0. The lowest BCUT2D eigenvalue weighted by molar-refractivity contribution is 0.0600. The molecule has 3 nitrogen and oxygen atoms in total. The van der Waals surface area contributed by atoms with Crippen LogP contribution in [-0.2, 0) is 4.74 Å². The molecule has 2 aromatic rings. The van der Waals surface area contributed by atoms with Gasteiger partial charge in [0.2, 0.25) is 0 Å². The van der Waals surface area contributed by atoms with Gasteiger partial charge in [0.25, 0.3) is 0 Å². The van der Waals surface area contributed by atoms with E-state index in [2.05, 4.69) is 0 Å². The van der Waals surface area contributed by atoms with Crippen LogP contribution in [0.4, 0.5) is 0 Å². The minimum Gasteiger partial charge on any atom is -0.497 e. The van der Waals surface area contributed by atoms with Crippen molar-refractivity contribution in [1.29, 1.82) is 0 Å². The molecule has 0 aliphatic heterocycles. The van der Waals surface area contributed by atoms with Crippen molar-refractivity contribution >= 4 is 29.2 Å². The first-order chi connectivity index (χ1) is 9.53. The largest absolute Gasteiger partial charge is 0.497 e. The summed E-state index contributed by atoms with van der Waals surface area (Å²) in [7, 11) is 2.86. The first kappa shape index (κ1) is 14.7. The number of hydrogen-bond acceptors (Lipinski definition) is 3. The molecule has 0 saturated carbocycles. The molecule has 0 bridgehead atoms. The number of carbonyl (C=O) groups is 1. The van der Waals surface area contributed by atoms with Crippen LogP contribution in [0.3, 0.4) is 0 Å². The monoisotopic (exact) mass is 310 g/mol. The molecule has 0 amide bonds. The number of ether oxygens (including phenoxy) is 2. The van der Waals surface area contributed by atoms with E-state index in [0.717, 1.165) is 11.1 Å². The number of rotatable bonds is 3. The average Bonchev–Trinajstić information content (AvgIpc) is 2.44. The van der Waals surface area contributed by atoms with Crippen molar-refractivity contribution in [3.05, 3.63) is 52.0 Å². The van der Waals surface area contributed by atoms with Crippen LogP contribution >= 0.6 is 23.2 Å². The van der Waals surface area contributed by atoms with Gasteiger partial charge in [0, 0.05) is 10.0 Å². The summed E-state index contributed by atoms with van der Waals surface area (Å²) in [5.74, 6) is 0.122. The highest BCUT2D eigenvalue weighted by Crippen LogP contribution is 2.30. The molecule has 2 aromatic carbocycles. The maximum absolute atomic E-state index is 11.7. The molecule has 0 spiro atoms. The van der Waals surface area contributed by atoms with Gasteiger partial charge in [-0.15, -0.1) is 0 Å². The Labute approximate surface area is 127 Å². The number of benzene rings is 2. The molecule has 0 aliphatic carbocycles. The molecule has 0 fully saturated rings. The zero-order valence-corrected chi connectivity index (χ0v) is 12.5. The van der Waals surface area contributed by atoms with Crippen molar-refractivity contribution in [1.82, 2.24) is 0 Å². The van der Waals surface area contributed by atoms with Crippen molar-refractivity contribution in [2.75, 3.05) is 14.2 Å². The predicted molar refractivity (Wildman–Crippen MR) is 79.8 cm³/mol. The fourth-order valence-corrected chi connectivity index (χ4v) is 2.37. The van der Waals surface area contributed by atoms with Gasteiger partial charge in [-0.3, -0.25) is 0 Å². The predicted octanol–water partition coefficient (Wildman–Crippen LogP) is 4.46. The lowest BCUT2D eigenvalue weighted by Gasteiger charge is -2.09. The van der Waals surface area contributed by atoms with Gasteiger partial charge in [-0.1, -0.05) is 23.2 Å². The van der Waals surface area contributed by atoms with Crippen molar-refractivity contribution < 1.29 is 14.3 Å². The second-order valence-electron chi connectivity index (χ2n) is 4.10. The van der Waals surface area contributed by atoms with Gasteiger partial charge in [0.1, 0.15) is 5.75 Å². The van der Waals surface area contributed by atoms with Crippen LogP contribution in [-0.4, -0.2) is 20.2 Å². The van der Waals surface area contributed by atoms with Gasteiger partial charge in [-0.05, 0) is 47.5 Å². The van der Waals surface area contributed by atoms with Crippen LogP contribution in [0.15, 0.2) is 36.4 Å². The number of carbonyl (C=O) groups excluding carboxylic acids is 1. The molecule has 0 N–H and O–H groups in total. The molecule has 0 radical (unpaired) electrons. The number of hydrogen-bond donors (Lipinski definition) is 0. The standard InChI is InChI=1S/C15H12Cl2O3/c1-19-14-6-9(3-11(7-14)15(18)20-2)10-4-12(16)8-13(17)5-10/h3-8H,1-2H3. The van der Waals surface area contributed by atoms with E-state index in [-0.39, 0.29) is 0 Å². The average molecular weight is 311 g/mol. The Morgan fingerprint density at radius 1 is 0.900 bits per heavy atom. The summed E-state index contributed by atoms with van der Waals surface area (Å²) < 4.78 is 9.93. The first-order valence-corrected chi connectivity index (χ1v) is 6.53. The van der Waals surface area contributed by atoms with Crippen LogP contribution in [0, 0.1) is 0 Å². The lowest BCUT2D eigenvalue weighted by atomic mass is 10.0. The maximum Gasteiger partial charge on any atom is 0.338 e. The van der Waals surface area contributed by atoms with Crippen LogP contribution in [0.5, 0.6) is 5.75 Å². The molecule has 104 valence electrons. The second-order valence-corrected chi connectivity index (χ2v) is 4.97. The Hall–Kier alpha value is -1.71. The highest BCUT2D eigenvalue weighted by Gasteiger charge is 2.11. The molecule has 2 rings (SSSR count). The smallest absolute Gasteiger partial charge is 0.338 e. The van der Waals surface area contributed by atoms with Gasteiger partial charge >= 0.3 is 5.97 Å². The third-order valence-corrected chi connectivity index (χ3v) is 3.20. The maximum atomic E-state index is 11.7. The fourth-order valence-electron chi connectivity index (χ4n) is 1.84. The lowest BCUT2D eigenvalue weighted by Crippen LogP contribution is -2.02. The van der Waals surface area contributed by atoms with E-state index in [4.69, 9.17) is 32.7 Å². The third-order valence-electron chi connectivity index (χ3n) is 2.76. The molecule has 0 aromatic heterocycles. The molecule has 0 saturated heterocycles. The van der Waals surface area contributed by atoms with Crippen molar-refractivity contribution in [2.45, 2.75) is 0 Å². The zero-order valence-electron chi connectivity index (χ0n) is 10.9. The van der Waals surface area contributed by atoms with E-state index >= 15 is 0 Å². The topological polar surface area (TPSA) is 35.5 Å². The van der Waals surface area contributed by atoms with Gasteiger partial charge in [-0.2, -0.15) is 0 Å². The fraction of sp³-hybridized carbons (Fsp3) is 0.133. The zero-order chi connectivity index (χ0) is 14.7. The number of methoxy groups -OCH3 is 2. The Morgan fingerprint density at radius 2 is 1.50 bits per heavy atom. The van der Waals surface area contributed by atoms with Crippen LogP contribution in [0.25, 0.3) is 11.1 Å². The van der Waals surface area contributed by atoms with Gasteiger partial charge < -0.3 is 9.47 Å². The van der Waals surface area contributed by atoms with Crippen LogP contribution < -0.4 is 4.74 Å². The highest BCUT2D eigenvalue weighted by molar-refractivity contribution is 6.35. The quantitative estimate of drug-likeness (QED) is 0.785. The summed E-state index contributed by atoms with van der Waals surface area (Å²) in [6, 6.07) is 10.3.